The molecule has 1 aromatic rings. The molecule has 0 bridgehead atoms. The van der Waals surface area contributed by atoms with Crippen LogP contribution in [-0.2, 0) is 18.6 Å². The predicted octanol–water partition coefficient (Wildman–Crippen LogP) is 1.87. The van der Waals surface area contributed by atoms with Gasteiger partial charge in [0.05, 0.1) is 17.4 Å². The molecule has 1 aliphatic rings. The maximum absolute atomic E-state index is 13.7. The maximum Gasteiger partial charge on any atom is 0.261 e. The summed E-state index contributed by atoms with van der Waals surface area (Å²) in [6.45, 7) is 0.593. The number of amides is 1. The van der Waals surface area contributed by atoms with Crippen LogP contribution >= 0.6 is 10.7 Å². The molecule has 5 nitrogen and oxygen atoms in total. The summed E-state index contributed by atoms with van der Waals surface area (Å²) in [7, 11) is 0.750. The summed E-state index contributed by atoms with van der Waals surface area (Å²) in [6.07, 6.45) is 0.462. The normalized spacial score (nSPS) is 19.1. The summed E-state index contributed by atoms with van der Waals surface area (Å²) in [5.41, 5.74) is -0.703. The molecule has 1 saturated heterocycles. The Kier molecular flexibility index (Phi) is 4.26. The molecular weight excluding hydrogens is 316 g/mol. The van der Waals surface area contributed by atoms with Gasteiger partial charge in [-0.05, 0) is 18.6 Å². The minimum Gasteiger partial charge on any atom is -0.381 e. The van der Waals surface area contributed by atoms with Gasteiger partial charge in [0.25, 0.3) is 9.05 Å². The van der Waals surface area contributed by atoms with Gasteiger partial charge in [-0.3, -0.25) is 4.79 Å². The number of carbonyl (C=O) groups is 1. The second-order valence-electron chi connectivity index (χ2n) is 4.25. The lowest BCUT2D eigenvalue weighted by molar-refractivity contribution is -0.119. The monoisotopic (exact) mass is 325 g/mol. The molecule has 9 heteroatoms. The van der Waals surface area contributed by atoms with Gasteiger partial charge in [0, 0.05) is 17.3 Å². The van der Waals surface area contributed by atoms with Crippen LogP contribution in [0.2, 0.25) is 0 Å². The lowest BCUT2D eigenvalue weighted by atomic mass is 10.1. The van der Waals surface area contributed by atoms with Crippen molar-refractivity contribution in [2.75, 3.05) is 18.5 Å². The molecule has 1 aliphatic heterocycles. The van der Waals surface area contributed by atoms with Gasteiger partial charge in [-0.2, -0.15) is 0 Å². The number of anilines is 1. The highest BCUT2D eigenvalue weighted by Crippen LogP contribution is 2.26. The highest BCUT2D eigenvalue weighted by atomic mass is 35.7. The molecule has 0 aliphatic carbocycles. The Bertz CT molecular complexity index is 621. The van der Waals surface area contributed by atoms with Crippen molar-refractivity contribution < 1.29 is 26.7 Å². The Labute approximate surface area is 118 Å². The Morgan fingerprint density at radius 2 is 1.95 bits per heavy atom. The third kappa shape index (κ3) is 3.25. The SMILES string of the molecule is O=C(Nc1c(F)cc(S(=O)(=O)Cl)cc1F)C1CCOC1. The minimum absolute atomic E-state index is 0.184. The number of nitrogens with one attached hydrogen (secondary N) is 1. The lowest BCUT2D eigenvalue weighted by Crippen LogP contribution is -2.24. The minimum atomic E-state index is -4.25. The number of hydrogen-bond acceptors (Lipinski definition) is 4. The zero-order chi connectivity index (χ0) is 14.9. The zero-order valence-corrected chi connectivity index (χ0v) is 11.6. The largest absolute Gasteiger partial charge is 0.381 e. The van der Waals surface area contributed by atoms with E-state index in [9.17, 15) is 22.0 Å². The second-order valence-corrected chi connectivity index (χ2v) is 6.82. The number of hydrogen-bond donors (Lipinski definition) is 1. The first-order chi connectivity index (χ1) is 9.29. The number of ether oxygens (including phenoxy) is 1. The Balaban J connectivity index is 2.26. The average molecular weight is 326 g/mol. The summed E-state index contributed by atoms with van der Waals surface area (Å²) in [6, 6.07) is 1.10. The molecular formula is C11H10ClF2NO4S. The highest BCUT2D eigenvalue weighted by Gasteiger charge is 2.26. The number of benzene rings is 1. The molecule has 1 fully saturated rings. The quantitative estimate of drug-likeness (QED) is 0.861. The van der Waals surface area contributed by atoms with E-state index in [0.29, 0.717) is 25.2 Å². The fourth-order valence-electron chi connectivity index (χ4n) is 1.78. The summed E-state index contributed by atoms with van der Waals surface area (Å²) in [5.74, 6) is -3.49. The van der Waals surface area contributed by atoms with Crippen molar-refractivity contribution >= 4 is 31.3 Å². The third-order valence-electron chi connectivity index (χ3n) is 2.85. The summed E-state index contributed by atoms with van der Waals surface area (Å²) in [5, 5.41) is 2.09. The van der Waals surface area contributed by atoms with Crippen LogP contribution in [0.15, 0.2) is 17.0 Å². The van der Waals surface area contributed by atoms with Gasteiger partial charge in [-0.15, -0.1) is 0 Å². The molecule has 20 heavy (non-hydrogen) atoms. The van der Waals surface area contributed by atoms with E-state index in [-0.39, 0.29) is 6.61 Å². The van der Waals surface area contributed by atoms with E-state index in [4.69, 9.17) is 15.4 Å². The topological polar surface area (TPSA) is 72.5 Å². The smallest absolute Gasteiger partial charge is 0.261 e. The first-order valence-corrected chi connectivity index (χ1v) is 7.92. The predicted molar refractivity (Wildman–Crippen MR) is 67.0 cm³/mol. The molecule has 1 heterocycles. The van der Waals surface area contributed by atoms with Gasteiger partial charge in [-0.1, -0.05) is 0 Å². The third-order valence-corrected chi connectivity index (χ3v) is 4.18. The average Bonchev–Trinajstić information content (AvgIpc) is 2.85. The first kappa shape index (κ1) is 15.1. The van der Waals surface area contributed by atoms with E-state index < -0.39 is 43.1 Å². The summed E-state index contributed by atoms with van der Waals surface area (Å²) in [4.78, 5) is 11.0. The van der Waals surface area contributed by atoms with Gasteiger partial charge in [0.2, 0.25) is 5.91 Å². The second kappa shape index (κ2) is 5.63. The number of halogens is 3. The van der Waals surface area contributed by atoms with Crippen LogP contribution in [-0.4, -0.2) is 27.5 Å². The molecule has 0 spiro atoms. The standard InChI is InChI=1S/C11H10ClF2NO4S/c12-20(17,18)7-3-8(13)10(9(14)4-7)15-11(16)6-1-2-19-5-6/h3-4,6H,1-2,5H2,(H,15,16). The lowest BCUT2D eigenvalue weighted by Gasteiger charge is -2.11. The maximum atomic E-state index is 13.7. The summed E-state index contributed by atoms with van der Waals surface area (Å²) >= 11 is 0. The van der Waals surface area contributed by atoms with E-state index in [1.54, 1.807) is 0 Å². The van der Waals surface area contributed by atoms with Crippen molar-refractivity contribution in [3.05, 3.63) is 23.8 Å². The first-order valence-electron chi connectivity index (χ1n) is 5.61. The zero-order valence-electron chi connectivity index (χ0n) is 10.0. The van der Waals surface area contributed by atoms with Crippen molar-refractivity contribution in [1.29, 1.82) is 0 Å². The van der Waals surface area contributed by atoms with Crippen molar-refractivity contribution in [1.82, 2.24) is 0 Å². The van der Waals surface area contributed by atoms with Crippen molar-refractivity contribution in [3.8, 4) is 0 Å². The van der Waals surface area contributed by atoms with Crippen molar-refractivity contribution in [2.24, 2.45) is 5.92 Å². The molecule has 1 amide bonds. The van der Waals surface area contributed by atoms with Crippen LogP contribution in [0.25, 0.3) is 0 Å². The van der Waals surface area contributed by atoms with Crippen LogP contribution in [0.3, 0.4) is 0 Å². The molecule has 0 saturated carbocycles. The van der Waals surface area contributed by atoms with E-state index in [0.717, 1.165) is 0 Å². The van der Waals surface area contributed by atoms with Crippen molar-refractivity contribution in [2.45, 2.75) is 11.3 Å². The molecule has 1 atom stereocenters. The fourth-order valence-corrected chi connectivity index (χ4v) is 2.53. The molecule has 0 aromatic heterocycles. The van der Waals surface area contributed by atoms with E-state index in [2.05, 4.69) is 5.32 Å². The van der Waals surface area contributed by atoms with E-state index in [1.807, 2.05) is 0 Å². The Morgan fingerprint density at radius 1 is 1.35 bits per heavy atom. The molecule has 1 unspecified atom stereocenters. The van der Waals surface area contributed by atoms with Gasteiger partial charge in [-0.25, -0.2) is 17.2 Å². The Hall–Kier alpha value is -1.25. The van der Waals surface area contributed by atoms with Crippen LogP contribution in [0.1, 0.15) is 6.42 Å². The highest BCUT2D eigenvalue weighted by molar-refractivity contribution is 8.13. The van der Waals surface area contributed by atoms with Crippen LogP contribution < -0.4 is 5.32 Å². The summed E-state index contributed by atoms with van der Waals surface area (Å²) < 4.78 is 54.4. The molecule has 2 rings (SSSR count). The molecule has 1 aromatic carbocycles. The van der Waals surface area contributed by atoms with Crippen LogP contribution in [0.4, 0.5) is 14.5 Å². The van der Waals surface area contributed by atoms with Gasteiger partial charge in [0.1, 0.15) is 5.69 Å². The number of rotatable bonds is 3. The van der Waals surface area contributed by atoms with Gasteiger partial charge >= 0.3 is 0 Å². The van der Waals surface area contributed by atoms with E-state index >= 15 is 0 Å². The Morgan fingerprint density at radius 3 is 2.40 bits per heavy atom. The number of carbonyl (C=O) groups excluding carboxylic acids is 1. The van der Waals surface area contributed by atoms with Crippen molar-refractivity contribution in [3.63, 3.8) is 0 Å². The fraction of sp³-hybridized carbons (Fsp3) is 0.364. The van der Waals surface area contributed by atoms with Gasteiger partial charge < -0.3 is 10.1 Å². The van der Waals surface area contributed by atoms with Gasteiger partial charge in [0.15, 0.2) is 11.6 Å². The van der Waals surface area contributed by atoms with Crippen LogP contribution in [0, 0.1) is 17.6 Å². The molecule has 110 valence electrons. The van der Waals surface area contributed by atoms with E-state index in [1.165, 1.54) is 0 Å². The van der Waals surface area contributed by atoms with Crippen LogP contribution in [0.5, 0.6) is 0 Å². The molecule has 0 radical (unpaired) electrons. The molecule has 1 N–H and O–H groups in total.